The molecule has 0 radical (unpaired) electrons. The van der Waals surface area contributed by atoms with Gasteiger partial charge in [0, 0.05) is 80.2 Å². The molecule has 2 aliphatic heterocycles. The van der Waals surface area contributed by atoms with E-state index in [9.17, 15) is 26.9 Å². The molecule has 10 nitrogen and oxygen atoms in total. The number of hydrogen-bond donors (Lipinski definition) is 1. The fourth-order valence-electron chi connectivity index (χ4n) is 6.95. The first-order valence-electron chi connectivity index (χ1n) is 15.8. The third-order valence-electron chi connectivity index (χ3n) is 9.38. The Bertz CT molecular complexity index is 1910. The fraction of sp³-hybridized carbons (Fsp3) is 0.531. The number of nitrogens with zero attached hydrogens (tertiary/aromatic N) is 7. The SMILES string of the molecule is Cc1c(CN2CCC(Nc3ncnc4sc(CC(F)(F)F)cc34)CC2)ccc2c1cc(C#N)n2CCN1CCN(S(C)(=O)=O)[C@H](C)C1. The van der Waals surface area contributed by atoms with Gasteiger partial charge < -0.3 is 9.88 Å². The van der Waals surface area contributed by atoms with Crippen molar-refractivity contribution in [3.8, 4) is 6.07 Å². The second-order valence-corrected chi connectivity index (χ2v) is 15.8. The van der Waals surface area contributed by atoms with Crippen LogP contribution in [0.2, 0.25) is 0 Å². The number of piperidine rings is 1. The molecule has 0 spiro atoms. The largest absolute Gasteiger partial charge is 0.393 e. The molecule has 1 aromatic carbocycles. The van der Waals surface area contributed by atoms with Crippen LogP contribution in [0.5, 0.6) is 0 Å². The zero-order chi connectivity index (χ0) is 33.5. The van der Waals surface area contributed by atoms with Crippen LogP contribution in [0.4, 0.5) is 19.0 Å². The van der Waals surface area contributed by atoms with Crippen LogP contribution >= 0.6 is 11.3 Å². The van der Waals surface area contributed by atoms with Crippen molar-refractivity contribution in [3.63, 3.8) is 0 Å². The molecule has 2 saturated heterocycles. The van der Waals surface area contributed by atoms with E-state index < -0.39 is 22.6 Å². The maximum Gasteiger partial charge on any atom is 0.393 e. The number of halogens is 3. The zero-order valence-electron chi connectivity index (χ0n) is 26.7. The maximum atomic E-state index is 12.9. The van der Waals surface area contributed by atoms with Crippen molar-refractivity contribution in [1.82, 2.24) is 28.6 Å². The molecule has 15 heteroatoms. The zero-order valence-corrected chi connectivity index (χ0v) is 28.4. The molecule has 0 saturated carbocycles. The molecule has 5 heterocycles. The van der Waals surface area contributed by atoms with Gasteiger partial charge in [-0.2, -0.15) is 22.7 Å². The minimum absolute atomic E-state index is 0.0923. The summed E-state index contributed by atoms with van der Waals surface area (Å²) >= 11 is 1.06. The van der Waals surface area contributed by atoms with Crippen LogP contribution in [-0.4, -0.2) is 101 Å². The summed E-state index contributed by atoms with van der Waals surface area (Å²) in [5.41, 5.74) is 4.01. The number of aromatic nitrogens is 3. The van der Waals surface area contributed by atoms with E-state index in [-0.39, 0.29) is 17.0 Å². The third-order valence-corrected chi connectivity index (χ3v) is 11.8. The number of piperazine rings is 1. The first kappa shape index (κ1) is 33.6. The predicted octanol–water partition coefficient (Wildman–Crippen LogP) is 4.97. The van der Waals surface area contributed by atoms with E-state index in [2.05, 4.69) is 54.8 Å². The van der Waals surface area contributed by atoms with Gasteiger partial charge in [0.1, 0.15) is 28.7 Å². The number of aryl methyl sites for hydroxylation is 1. The highest BCUT2D eigenvalue weighted by Crippen LogP contribution is 2.33. The molecule has 252 valence electrons. The molecule has 0 bridgehead atoms. The van der Waals surface area contributed by atoms with Gasteiger partial charge in [0.05, 0.1) is 18.1 Å². The first-order chi connectivity index (χ1) is 22.3. The van der Waals surface area contributed by atoms with Crippen molar-refractivity contribution in [1.29, 1.82) is 5.26 Å². The topological polar surface area (TPSA) is 110 Å². The molecule has 0 unspecified atom stereocenters. The van der Waals surface area contributed by atoms with Gasteiger partial charge in [0.2, 0.25) is 10.0 Å². The van der Waals surface area contributed by atoms with Gasteiger partial charge in [-0.3, -0.25) is 9.80 Å². The van der Waals surface area contributed by atoms with Gasteiger partial charge in [-0.05, 0) is 56.0 Å². The van der Waals surface area contributed by atoms with Crippen molar-refractivity contribution in [3.05, 3.63) is 52.3 Å². The van der Waals surface area contributed by atoms with E-state index in [1.54, 1.807) is 10.4 Å². The quantitative estimate of drug-likeness (QED) is 0.263. The summed E-state index contributed by atoms with van der Waals surface area (Å²) in [6.07, 6.45) is -0.824. The van der Waals surface area contributed by atoms with Gasteiger partial charge in [0.15, 0.2) is 0 Å². The maximum absolute atomic E-state index is 12.9. The van der Waals surface area contributed by atoms with Crippen LogP contribution in [-0.2, 0) is 29.5 Å². The van der Waals surface area contributed by atoms with Gasteiger partial charge in [-0.1, -0.05) is 6.07 Å². The highest BCUT2D eigenvalue weighted by molar-refractivity contribution is 7.88. The molecule has 2 fully saturated rings. The number of sulfonamides is 1. The molecular formula is C32H39F3N8O2S2. The van der Waals surface area contributed by atoms with E-state index in [1.165, 1.54) is 18.1 Å². The molecule has 3 aromatic heterocycles. The monoisotopic (exact) mass is 688 g/mol. The van der Waals surface area contributed by atoms with Crippen molar-refractivity contribution < 1.29 is 21.6 Å². The van der Waals surface area contributed by atoms with Crippen LogP contribution in [0.15, 0.2) is 30.6 Å². The molecule has 2 aliphatic rings. The molecular weight excluding hydrogens is 650 g/mol. The normalized spacial score (nSPS) is 19.5. The summed E-state index contributed by atoms with van der Waals surface area (Å²) in [7, 11) is -3.22. The molecule has 47 heavy (non-hydrogen) atoms. The predicted molar refractivity (Wildman–Crippen MR) is 178 cm³/mol. The summed E-state index contributed by atoms with van der Waals surface area (Å²) in [4.78, 5) is 14.0. The Kier molecular flexibility index (Phi) is 9.52. The minimum atomic E-state index is -4.26. The van der Waals surface area contributed by atoms with Crippen LogP contribution in [0.1, 0.15) is 41.5 Å². The smallest absolute Gasteiger partial charge is 0.367 e. The Morgan fingerprint density at radius 1 is 1.06 bits per heavy atom. The average Bonchev–Trinajstić information content (AvgIpc) is 3.58. The second kappa shape index (κ2) is 13.3. The van der Waals surface area contributed by atoms with Crippen LogP contribution in [0.3, 0.4) is 0 Å². The van der Waals surface area contributed by atoms with E-state index in [4.69, 9.17) is 0 Å². The Hall–Kier alpha value is -3.29. The highest BCUT2D eigenvalue weighted by Gasteiger charge is 2.31. The standard InChI is InChI=1S/C32H39F3N8O2S2/c1-21-18-41(11-13-43(21)47(3,44)45)10-12-42-25(17-36)14-27-22(2)23(4-5-29(27)42)19-40-8-6-24(7-9-40)39-30-28-15-26(16-32(33,34)35)46-31(28)38-20-37-30/h4-5,14-15,20-21,24H,6-13,16,18-19H2,1-3H3,(H,37,38,39)/t21-/m1/s1. The van der Waals surface area contributed by atoms with Crippen LogP contribution < -0.4 is 5.32 Å². The third kappa shape index (κ3) is 7.57. The molecule has 6 rings (SSSR count). The first-order valence-corrected chi connectivity index (χ1v) is 18.5. The number of nitrogens with one attached hydrogen (secondary N) is 1. The summed E-state index contributed by atoms with van der Waals surface area (Å²) in [5, 5.41) is 15.1. The van der Waals surface area contributed by atoms with E-state index in [1.807, 2.05) is 13.0 Å². The van der Waals surface area contributed by atoms with E-state index in [0.717, 1.165) is 66.8 Å². The summed E-state index contributed by atoms with van der Waals surface area (Å²) in [5.74, 6) is 0.586. The van der Waals surface area contributed by atoms with Crippen molar-refractivity contribution in [2.24, 2.45) is 0 Å². The molecule has 4 aromatic rings. The minimum Gasteiger partial charge on any atom is -0.367 e. The average molecular weight is 689 g/mol. The van der Waals surface area contributed by atoms with Crippen LogP contribution in [0, 0.1) is 18.3 Å². The van der Waals surface area contributed by atoms with Crippen LogP contribution in [0.25, 0.3) is 21.1 Å². The lowest BCUT2D eigenvalue weighted by molar-refractivity contribution is -0.126. The Morgan fingerprint density at radius 2 is 1.83 bits per heavy atom. The number of rotatable bonds is 9. The number of likely N-dealkylation sites (tertiary alicyclic amines) is 1. The molecule has 1 atom stereocenters. The van der Waals surface area contributed by atoms with Crippen molar-refractivity contribution >= 4 is 48.3 Å². The van der Waals surface area contributed by atoms with Crippen molar-refractivity contribution in [2.45, 2.75) is 64.5 Å². The van der Waals surface area contributed by atoms with Gasteiger partial charge >= 0.3 is 6.18 Å². The molecule has 1 N–H and O–H groups in total. The number of alkyl halides is 3. The van der Waals surface area contributed by atoms with E-state index in [0.29, 0.717) is 47.9 Å². The van der Waals surface area contributed by atoms with Gasteiger partial charge in [-0.25, -0.2) is 18.4 Å². The number of benzene rings is 1. The number of nitriles is 1. The summed E-state index contributed by atoms with van der Waals surface area (Å²) < 4.78 is 66.5. The number of hydrogen-bond acceptors (Lipinski definition) is 9. The number of fused-ring (bicyclic) bond motifs is 2. The lowest BCUT2D eigenvalue weighted by Crippen LogP contribution is -2.54. The molecule has 0 aliphatic carbocycles. The Balaban J connectivity index is 1.07. The molecule has 0 amide bonds. The number of anilines is 1. The lowest BCUT2D eigenvalue weighted by Gasteiger charge is -2.38. The van der Waals surface area contributed by atoms with Crippen molar-refractivity contribution in [2.75, 3.05) is 50.8 Å². The van der Waals surface area contributed by atoms with E-state index >= 15 is 0 Å². The fourth-order valence-corrected chi connectivity index (χ4v) is 9.11. The Morgan fingerprint density at radius 3 is 2.51 bits per heavy atom. The summed E-state index contributed by atoms with van der Waals surface area (Å²) in [6, 6.07) is 10.2. The van der Waals surface area contributed by atoms with Gasteiger partial charge in [0.25, 0.3) is 0 Å². The van der Waals surface area contributed by atoms with Gasteiger partial charge in [-0.15, -0.1) is 11.3 Å². The lowest BCUT2D eigenvalue weighted by atomic mass is 10.0. The highest BCUT2D eigenvalue weighted by atomic mass is 32.2. The summed E-state index contributed by atoms with van der Waals surface area (Å²) in [6.45, 7) is 9.71. The number of thiophene rings is 1. The Labute approximate surface area is 276 Å². The second-order valence-electron chi connectivity index (χ2n) is 12.7.